The highest BCUT2D eigenvalue weighted by Gasteiger charge is 2.23. The van der Waals surface area contributed by atoms with Crippen molar-refractivity contribution in [2.75, 3.05) is 13.7 Å². The van der Waals surface area contributed by atoms with Crippen LogP contribution >= 0.6 is 0 Å². The molecule has 1 rings (SSSR count). The Hall–Kier alpha value is -1.06. The second-order valence-corrected chi connectivity index (χ2v) is 3.94. The number of rotatable bonds is 5. The first kappa shape index (κ1) is 12.0. The summed E-state index contributed by atoms with van der Waals surface area (Å²) in [6, 6.07) is 7.74. The van der Waals surface area contributed by atoms with Crippen LogP contribution in [0.5, 0.6) is 5.75 Å². The second-order valence-electron chi connectivity index (χ2n) is 3.94. The van der Waals surface area contributed by atoms with Crippen LogP contribution in [-0.2, 0) is 5.54 Å². The number of methoxy groups -OCH3 is 1. The highest BCUT2D eigenvalue weighted by atomic mass is 16.5. The molecule has 3 N–H and O–H groups in total. The molecule has 0 fully saturated rings. The van der Waals surface area contributed by atoms with Gasteiger partial charge in [-0.15, -0.1) is 0 Å². The molecule has 0 saturated heterocycles. The van der Waals surface area contributed by atoms with Gasteiger partial charge < -0.3 is 15.6 Å². The standard InChI is InChI=1S/C12H19NO2/c1-12(13,8-5-9-14)10-6-3-4-7-11(10)15-2/h3-4,6-7,14H,5,8-9,13H2,1-2H3. The molecule has 15 heavy (non-hydrogen) atoms. The lowest BCUT2D eigenvalue weighted by Crippen LogP contribution is -2.33. The number of nitrogens with two attached hydrogens (primary N) is 1. The van der Waals surface area contributed by atoms with Crippen LogP contribution in [-0.4, -0.2) is 18.8 Å². The average molecular weight is 209 g/mol. The maximum atomic E-state index is 8.82. The Morgan fingerprint density at radius 3 is 2.67 bits per heavy atom. The van der Waals surface area contributed by atoms with Crippen LogP contribution in [0.3, 0.4) is 0 Å². The van der Waals surface area contributed by atoms with Gasteiger partial charge in [0.2, 0.25) is 0 Å². The van der Waals surface area contributed by atoms with Crippen LogP contribution in [0.25, 0.3) is 0 Å². The Morgan fingerprint density at radius 2 is 2.07 bits per heavy atom. The number of ether oxygens (including phenoxy) is 1. The molecule has 84 valence electrons. The van der Waals surface area contributed by atoms with Crippen molar-refractivity contribution in [3.63, 3.8) is 0 Å². The molecule has 0 saturated carbocycles. The quantitative estimate of drug-likeness (QED) is 0.775. The molecule has 0 bridgehead atoms. The Morgan fingerprint density at radius 1 is 1.40 bits per heavy atom. The highest BCUT2D eigenvalue weighted by molar-refractivity contribution is 5.38. The first-order valence-corrected chi connectivity index (χ1v) is 5.15. The molecule has 0 heterocycles. The van der Waals surface area contributed by atoms with Crippen molar-refractivity contribution < 1.29 is 9.84 Å². The summed E-state index contributed by atoms with van der Waals surface area (Å²) in [5.41, 5.74) is 6.75. The van der Waals surface area contributed by atoms with E-state index >= 15 is 0 Å². The summed E-state index contributed by atoms with van der Waals surface area (Å²) in [6.07, 6.45) is 1.44. The van der Waals surface area contributed by atoms with Gasteiger partial charge in [-0.1, -0.05) is 18.2 Å². The molecule has 1 aromatic carbocycles. The van der Waals surface area contributed by atoms with Crippen molar-refractivity contribution in [2.45, 2.75) is 25.3 Å². The number of aliphatic hydroxyl groups excluding tert-OH is 1. The summed E-state index contributed by atoms with van der Waals surface area (Å²) >= 11 is 0. The van der Waals surface area contributed by atoms with E-state index in [-0.39, 0.29) is 6.61 Å². The fraction of sp³-hybridized carbons (Fsp3) is 0.500. The third-order valence-electron chi connectivity index (χ3n) is 2.58. The molecule has 1 aromatic rings. The molecular formula is C12H19NO2. The lowest BCUT2D eigenvalue weighted by molar-refractivity contribution is 0.263. The van der Waals surface area contributed by atoms with Crippen LogP contribution < -0.4 is 10.5 Å². The fourth-order valence-electron chi connectivity index (χ4n) is 1.70. The molecule has 0 spiro atoms. The largest absolute Gasteiger partial charge is 0.496 e. The Balaban J connectivity index is 2.92. The topological polar surface area (TPSA) is 55.5 Å². The van der Waals surface area contributed by atoms with Gasteiger partial charge in [-0.3, -0.25) is 0 Å². The number of para-hydroxylation sites is 1. The zero-order chi connectivity index (χ0) is 11.3. The number of hydrogen-bond acceptors (Lipinski definition) is 3. The summed E-state index contributed by atoms with van der Waals surface area (Å²) in [7, 11) is 1.64. The van der Waals surface area contributed by atoms with E-state index in [9.17, 15) is 0 Å². The van der Waals surface area contributed by atoms with E-state index in [0.29, 0.717) is 6.42 Å². The zero-order valence-electron chi connectivity index (χ0n) is 9.36. The van der Waals surface area contributed by atoms with E-state index in [1.165, 1.54) is 0 Å². The third kappa shape index (κ3) is 2.94. The molecule has 3 nitrogen and oxygen atoms in total. The van der Waals surface area contributed by atoms with Gasteiger partial charge in [0.05, 0.1) is 7.11 Å². The minimum Gasteiger partial charge on any atom is -0.496 e. The maximum Gasteiger partial charge on any atom is 0.123 e. The molecule has 3 heteroatoms. The average Bonchev–Trinajstić information content (AvgIpc) is 2.26. The molecule has 0 aliphatic heterocycles. The fourth-order valence-corrected chi connectivity index (χ4v) is 1.70. The van der Waals surface area contributed by atoms with Crippen LogP contribution in [0.2, 0.25) is 0 Å². The zero-order valence-corrected chi connectivity index (χ0v) is 9.36. The van der Waals surface area contributed by atoms with Gasteiger partial charge in [-0.05, 0) is 25.8 Å². The lowest BCUT2D eigenvalue weighted by Gasteiger charge is -2.26. The Labute approximate surface area is 90.9 Å². The first-order chi connectivity index (χ1) is 7.11. The van der Waals surface area contributed by atoms with Crippen LogP contribution in [0, 0.1) is 0 Å². The van der Waals surface area contributed by atoms with Gasteiger partial charge in [0.25, 0.3) is 0 Å². The minimum atomic E-state index is -0.449. The summed E-state index contributed by atoms with van der Waals surface area (Å²) in [5.74, 6) is 0.806. The molecule has 0 radical (unpaired) electrons. The first-order valence-electron chi connectivity index (χ1n) is 5.15. The molecular weight excluding hydrogens is 190 g/mol. The summed E-state index contributed by atoms with van der Waals surface area (Å²) in [5, 5.41) is 8.82. The van der Waals surface area contributed by atoms with Gasteiger partial charge >= 0.3 is 0 Å². The lowest BCUT2D eigenvalue weighted by atomic mass is 9.88. The minimum absolute atomic E-state index is 0.169. The monoisotopic (exact) mass is 209 g/mol. The smallest absolute Gasteiger partial charge is 0.123 e. The predicted molar refractivity (Wildman–Crippen MR) is 60.9 cm³/mol. The molecule has 0 amide bonds. The summed E-state index contributed by atoms with van der Waals surface area (Å²) in [6.45, 7) is 2.13. The van der Waals surface area contributed by atoms with E-state index in [2.05, 4.69) is 0 Å². The molecule has 1 unspecified atom stereocenters. The van der Waals surface area contributed by atoms with Gasteiger partial charge in [0, 0.05) is 17.7 Å². The number of benzene rings is 1. The molecule has 0 aromatic heterocycles. The molecule has 1 atom stereocenters. The van der Waals surface area contributed by atoms with Crippen LogP contribution in [0.4, 0.5) is 0 Å². The number of hydrogen-bond donors (Lipinski definition) is 2. The second kappa shape index (κ2) is 5.14. The van der Waals surface area contributed by atoms with Crippen molar-refractivity contribution in [2.24, 2.45) is 5.73 Å². The van der Waals surface area contributed by atoms with Gasteiger partial charge in [0.15, 0.2) is 0 Å². The van der Waals surface area contributed by atoms with Crippen molar-refractivity contribution in [1.82, 2.24) is 0 Å². The Kier molecular flexibility index (Phi) is 4.12. The van der Waals surface area contributed by atoms with Crippen LogP contribution in [0.15, 0.2) is 24.3 Å². The van der Waals surface area contributed by atoms with Gasteiger partial charge in [-0.25, -0.2) is 0 Å². The van der Waals surface area contributed by atoms with Gasteiger partial charge in [0.1, 0.15) is 5.75 Å². The predicted octanol–water partition coefficient (Wildman–Crippen LogP) is 1.64. The van der Waals surface area contributed by atoms with Crippen molar-refractivity contribution in [1.29, 1.82) is 0 Å². The molecule has 0 aliphatic rings. The van der Waals surface area contributed by atoms with E-state index in [4.69, 9.17) is 15.6 Å². The van der Waals surface area contributed by atoms with Crippen molar-refractivity contribution in [3.8, 4) is 5.75 Å². The maximum absolute atomic E-state index is 8.82. The normalized spacial score (nSPS) is 14.7. The van der Waals surface area contributed by atoms with E-state index < -0.39 is 5.54 Å². The Bertz CT molecular complexity index is 310. The van der Waals surface area contributed by atoms with Crippen molar-refractivity contribution >= 4 is 0 Å². The highest BCUT2D eigenvalue weighted by Crippen LogP contribution is 2.30. The van der Waals surface area contributed by atoms with E-state index in [1.54, 1.807) is 7.11 Å². The molecule has 0 aliphatic carbocycles. The van der Waals surface area contributed by atoms with Crippen LogP contribution in [0.1, 0.15) is 25.3 Å². The van der Waals surface area contributed by atoms with E-state index in [0.717, 1.165) is 17.7 Å². The SMILES string of the molecule is COc1ccccc1C(C)(N)CCCO. The van der Waals surface area contributed by atoms with E-state index in [1.807, 2.05) is 31.2 Å². The van der Waals surface area contributed by atoms with Crippen molar-refractivity contribution in [3.05, 3.63) is 29.8 Å². The van der Waals surface area contributed by atoms with Gasteiger partial charge in [-0.2, -0.15) is 0 Å². The number of aliphatic hydroxyl groups is 1. The summed E-state index contributed by atoms with van der Waals surface area (Å²) in [4.78, 5) is 0. The third-order valence-corrected chi connectivity index (χ3v) is 2.58. The summed E-state index contributed by atoms with van der Waals surface area (Å²) < 4.78 is 5.27.